The Bertz CT molecular complexity index is 491. The topological polar surface area (TPSA) is 29.0 Å². The molecule has 0 aliphatic carbocycles. The van der Waals surface area contributed by atoms with Gasteiger partial charge in [-0.25, -0.2) is 9.97 Å². The van der Waals surface area contributed by atoms with Crippen molar-refractivity contribution in [3.8, 4) is 0 Å². The molecule has 0 aliphatic heterocycles. The SMILES string of the molecule is CCCN(CCBr)c1ncnc2sc(C)cc12. The molecule has 0 N–H and O–H groups in total. The van der Waals surface area contributed by atoms with Crippen LogP contribution in [0.1, 0.15) is 18.2 Å². The molecule has 92 valence electrons. The summed E-state index contributed by atoms with van der Waals surface area (Å²) in [5, 5.41) is 2.14. The number of fused-ring (bicyclic) bond motifs is 1. The third-order valence-electron chi connectivity index (χ3n) is 2.58. The zero-order chi connectivity index (χ0) is 12.3. The van der Waals surface area contributed by atoms with Crippen LogP contribution in [0, 0.1) is 6.92 Å². The molecule has 2 aromatic rings. The fraction of sp³-hybridized carbons (Fsp3) is 0.500. The first-order valence-corrected chi connectivity index (χ1v) is 7.72. The maximum absolute atomic E-state index is 4.46. The molecule has 5 heteroatoms. The van der Waals surface area contributed by atoms with E-state index in [0.29, 0.717) is 0 Å². The van der Waals surface area contributed by atoms with Gasteiger partial charge in [0.2, 0.25) is 0 Å². The Morgan fingerprint density at radius 1 is 1.35 bits per heavy atom. The molecule has 0 aliphatic rings. The van der Waals surface area contributed by atoms with Crippen LogP contribution in [-0.4, -0.2) is 28.4 Å². The van der Waals surface area contributed by atoms with Gasteiger partial charge in [-0.2, -0.15) is 0 Å². The first-order chi connectivity index (χ1) is 8.26. The van der Waals surface area contributed by atoms with E-state index in [1.54, 1.807) is 17.7 Å². The van der Waals surface area contributed by atoms with E-state index in [9.17, 15) is 0 Å². The van der Waals surface area contributed by atoms with Gasteiger partial charge in [0.1, 0.15) is 17.0 Å². The van der Waals surface area contributed by atoms with E-state index in [1.807, 2.05) is 0 Å². The fourth-order valence-corrected chi connectivity index (χ4v) is 3.18. The van der Waals surface area contributed by atoms with Crippen LogP contribution in [0.4, 0.5) is 5.82 Å². The van der Waals surface area contributed by atoms with E-state index in [-0.39, 0.29) is 0 Å². The molecule has 2 heterocycles. The molecular formula is C12H16BrN3S. The zero-order valence-corrected chi connectivity index (χ0v) is 12.5. The molecule has 0 bridgehead atoms. The van der Waals surface area contributed by atoms with E-state index in [4.69, 9.17) is 0 Å². The van der Waals surface area contributed by atoms with Gasteiger partial charge in [0.25, 0.3) is 0 Å². The molecule has 0 unspecified atom stereocenters. The van der Waals surface area contributed by atoms with Crippen molar-refractivity contribution in [2.45, 2.75) is 20.3 Å². The molecular weight excluding hydrogens is 298 g/mol. The highest BCUT2D eigenvalue weighted by Gasteiger charge is 2.12. The number of thiophene rings is 1. The van der Waals surface area contributed by atoms with Crippen molar-refractivity contribution in [2.75, 3.05) is 23.3 Å². The second-order valence-electron chi connectivity index (χ2n) is 3.95. The summed E-state index contributed by atoms with van der Waals surface area (Å²) in [6.07, 6.45) is 2.80. The van der Waals surface area contributed by atoms with Crippen molar-refractivity contribution in [1.29, 1.82) is 0 Å². The van der Waals surface area contributed by atoms with Crippen LogP contribution in [0.25, 0.3) is 10.2 Å². The Labute approximate surface area is 114 Å². The van der Waals surface area contributed by atoms with Gasteiger partial charge in [0.05, 0.1) is 5.39 Å². The number of hydrogen-bond donors (Lipinski definition) is 0. The van der Waals surface area contributed by atoms with Crippen LogP contribution < -0.4 is 4.90 Å². The van der Waals surface area contributed by atoms with Crippen molar-refractivity contribution in [1.82, 2.24) is 9.97 Å². The van der Waals surface area contributed by atoms with Crippen molar-refractivity contribution >= 4 is 43.3 Å². The lowest BCUT2D eigenvalue weighted by Gasteiger charge is -2.22. The third kappa shape index (κ3) is 2.77. The third-order valence-corrected chi connectivity index (χ3v) is 3.89. The minimum atomic E-state index is 0.960. The Hall–Kier alpha value is -0.680. The maximum Gasteiger partial charge on any atom is 0.140 e. The van der Waals surface area contributed by atoms with Gasteiger partial charge in [0, 0.05) is 23.3 Å². The quantitative estimate of drug-likeness (QED) is 0.790. The zero-order valence-electron chi connectivity index (χ0n) is 10.1. The molecule has 3 nitrogen and oxygen atoms in total. The van der Waals surface area contributed by atoms with Crippen LogP contribution in [-0.2, 0) is 0 Å². The number of rotatable bonds is 5. The molecule has 0 fully saturated rings. The molecule has 0 saturated heterocycles. The van der Waals surface area contributed by atoms with E-state index in [0.717, 1.165) is 35.5 Å². The second-order valence-corrected chi connectivity index (χ2v) is 5.98. The molecule has 0 amide bonds. The number of aromatic nitrogens is 2. The first kappa shape index (κ1) is 12.8. The average Bonchev–Trinajstić information content (AvgIpc) is 2.68. The summed E-state index contributed by atoms with van der Waals surface area (Å²) in [5.41, 5.74) is 0. The van der Waals surface area contributed by atoms with E-state index in [1.165, 1.54) is 10.3 Å². The molecule has 0 atom stereocenters. The molecule has 0 radical (unpaired) electrons. The smallest absolute Gasteiger partial charge is 0.140 e. The normalized spacial score (nSPS) is 11.0. The van der Waals surface area contributed by atoms with Gasteiger partial charge in [-0.3, -0.25) is 0 Å². The predicted molar refractivity (Wildman–Crippen MR) is 78.5 cm³/mol. The Morgan fingerprint density at radius 2 is 2.18 bits per heavy atom. The van der Waals surface area contributed by atoms with Gasteiger partial charge < -0.3 is 4.90 Å². The Balaban J connectivity index is 2.44. The van der Waals surface area contributed by atoms with Crippen LogP contribution in [0.5, 0.6) is 0 Å². The highest BCUT2D eigenvalue weighted by atomic mass is 79.9. The summed E-state index contributed by atoms with van der Waals surface area (Å²) in [5.74, 6) is 1.07. The maximum atomic E-state index is 4.46. The van der Waals surface area contributed by atoms with Gasteiger partial charge in [-0.1, -0.05) is 22.9 Å². The lowest BCUT2D eigenvalue weighted by atomic mass is 10.3. The van der Waals surface area contributed by atoms with Crippen LogP contribution in [0.3, 0.4) is 0 Å². The number of nitrogens with zero attached hydrogens (tertiary/aromatic N) is 3. The van der Waals surface area contributed by atoms with Crippen LogP contribution in [0.15, 0.2) is 12.4 Å². The number of anilines is 1. The van der Waals surface area contributed by atoms with E-state index < -0.39 is 0 Å². The minimum absolute atomic E-state index is 0.960. The molecule has 2 rings (SSSR count). The summed E-state index contributed by atoms with van der Waals surface area (Å²) in [6.45, 7) is 6.32. The number of halogens is 1. The first-order valence-electron chi connectivity index (χ1n) is 5.78. The van der Waals surface area contributed by atoms with Crippen molar-refractivity contribution < 1.29 is 0 Å². The van der Waals surface area contributed by atoms with Gasteiger partial charge in [-0.05, 0) is 19.4 Å². The lowest BCUT2D eigenvalue weighted by molar-refractivity contribution is 0.786. The van der Waals surface area contributed by atoms with E-state index in [2.05, 4.69) is 50.7 Å². The van der Waals surface area contributed by atoms with Gasteiger partial charge >= 0.3 is 0 Å². The largest absolute Gasteiger partial charge is 0.355 e. The Kier molecular flexibility index (Phi) is 4.34. The summed E-state index contributed by atoms with van der Waals surface area (Å²) in [7, 11) is 0. The number of hydrogen-bond acceptors (Lipinski definition) is 4. The number of alkyl halides is 1. The van der Waals surface area contributed by atoms with Crippen molar-refractivity contribution in [2.24, 2.45) is 0 Å². The number of aryl methyl sites for hydroxylation is 1. The molecule has 17 heavy (non-hydrogen) atoms. The summed E-state index contributed by atoms with van der Waals surface area (Å²) >= 11 is 5.23. The Morgan fingerprint density at radius 3 is 2.88 bits per heavy atom. The summed E-state index contributed by atoms with van der Waals surface area (Å²) in [4.78, 5) is 13.5. The highest BCUT2D eigenvalue weighted by molar-refractivity contribution is 9.09. The molecule has 0 aromatic carbocycles. The molecule has 2 aromatic heterocycles. The molecule has 0 spiro atoms. The lowest BCUT2D eigenvalue weighted by Crippen LogP contribution is -2.27. The van der Waals surface area contributed by atoms with Crippen LogP contribution in [0.2, 0.25) is 0 Å². The molecule has 0 saturated carbocycles. The minimum Gasteiger partial charge on any atom is -0.355 e. The predicted octanol–water partition coefficient (Wildman–Crippen LogP) is 3.61. The summed E-state index contributed by atoms with van der Waals surface area (Å²) < 4.78 is 0. The van der Waals surface area contributed by atoms with Crippen LogP contribution >= 0.6 is 27.3 Å². The highest BCUT2D eigenvalue weighted by Crippen LogP contribution is 2.29. The second kappa shape index (κ2) is 5.78. The monoisotopic (exact) mass is 313 g/mol. The average molecular weight is 314 g/mol. The standard InChI is InChI=1S/C12H16BrN3S/c1-3-5-16(6-4-13)11-10-7-9(2)17-12(10)15-8-14-11/h7-8H,3-6H2,1-2H3. The van der Waals surface area contributed by atoms with Gasteiger partial charge in [-0.15, -0.1) is 11.3 Å². The van der Waals surface area contributed by atoms with Crippen molar-refractivity contribution in [3.63, 3.8) is 0 Å². The van der Waals surface area contributed by atoms with Gasteiger partial charge in [0.15, 0.2) is 0 Å². The summed E-state index contributed by atoms with van der Waals surface area (Å²) in [6, 6.07) is 2.19. The van der Waals surface area contributed by atoms with Crippen molar-refractivity contribution in [3.05, 3.63) is 17.3 Å². The van der Waals surface area contributed by atoms with E-state index >= 15 is 0 Å². The fourth-order valence-electron chi connectivity index (χ4n) is 1.91.